The van der Waals surface area contributed by atoms with E-state index in [9.17, 15) is 0 Å². The van der Waals surface area contributed by atoms with Gasteiger partial charge in [-0.1, -0.05) is 170 Å². The van der Waals surface area contributed by atoms with Crippen molar-refractivity contribution in [1.29, 1.82) is 0 Å². The first-order chi connectivity index (χ1) is 34.6. The van der Waals surface area contributed by atoms with E-state index in [2.05, 4.69) is 206 Å². The second kappa shape index (κ2) is 22.4. The maximum absolute atomic E-state index is 6.73. The minimum Gasteiger partial charge on any atom is -0.489 e. The fourth-order valence-electron chi connectivity index (χ4n) is 9.20. The Labute approximate surface area is 430 Å². The van der Waals surface area contributed by atoms with E-state index in [1.807, 2.05) is 47.0 Å². The first-order valence-corrected chi connectivity index (χ1v) is 28.7. The molecule has 0 fully saturated rings. The maximum atomic E-state index is 6.73. The van der Waals surface area contributed by atoms with Gasteiger partial charge in [0.25, 0.3) is 0 Å². The highest BCUT2D eigenvalue weighted by Gasteiger charge is 2.12. The summed E-state index contributed by atoms with van der Waals surface area (Å²) in [6.45, 7) is 0.932. The van der Waals surface area contributed by atoms with E-state index in [-0.39, 0.29) is 0 Å². The molecule has 0 radical (unpaired) electrons. The zero-order valence-electron chi connectivity index (χ0n) is 39.2. The molecule has 6 aliphatic heterocycles. The number of hydrogen-bond acceptors (Lipinski definition) is 6. The van der Waals surface area contributed by atoms with E-state index in [1.165, 1.54) is 89.0 Å². The second-order valence-electron chi connectivity index (χ2n) is 18.2. The first-order valence-electron chi connectivity index (χ1n) is 24.1. The molecule has 70 heavy (non-hydrogen) atoms. The zero-order valence-corrected chi connectivity index (χ0v) is 42.4. The quantitative estimate of drug-likeness (QED) is 0.150. The van der Waals surface area contributed by atoms with Crippen LogP contribution in [0.5, 0.6) is 11.5 Å². The van der Waals surface area contributed by atoms with Gasteiger partial charge in [0.15, 0.2) is 0 Å². The number of ether oxygens (including phenoxy) is 2. The number of hydrogen-bond donors (Lipinski definition) is 0. The maximum Gasteiger partial charge on any atom is 0.120 e. The van der Waals surface area contributed by atoms with Crippen LogP contribution in [0.3, 0.4) is 0 Å². The summed E-state index contributed by atoms with van der Waals surface area (Å²) < 4.78 is 13.5. The third kappa shape index (κ3) is 11.9. The van der Waals surface area contributed by atoms with Crippen molar-refractivity contribution in [2.24, 2.45) is 0 Å². The van der Waals surface area contributed by atoms with E-state index in [0.717, 1.165) is 68.6 Å². The predicted molar refractivity (Wildman–Crippen MR) is 303 cm³/mol. The van der Waals surface area contributed by atoms with E-state index in [4.69, 9.17) is 9.47 Å². The van der Waals surface area contributed by atoms with Crippen molar-refractivity contribution >= 4 is 47.0 Å². The molecule has 18 bridgehead atoms. The molecule has 6 heteroatoms. The lowest BCUT2D eigenvalue weighted by atomic mass is 9.98. The van der Waals surface area contributed by atoms with Gasteiger partial charge in [0.2, 0.25) is 0 Å². The van der Waals surface area contributed by atoms with E-state index in [1.54, 1.807) is 0 Å². The molecule has 15 rings (SSSR count). The Balaban J connectivity index is 0.931. The van der Waals surface area contributed by atoms with Crippen LogP contribution >= 0.6 is 47.0 Å². The summed E-state index contributed by atoms with van der Waals surface area (Å²) in [5.41, 5.74) is 22.6. The average Bonchev–Trinajstić information content (AvgIpc) is 3.40. The van der Waals surface area contributed by atoms with E-state index in [0.29, 0.717) is 13.2 Å². The van der Waals surface area contributed by atoms with Crippen molar-refractivity contribution in [2.45, 2.75) is 59.2 Å². The third-order valence-electron chi connectivity index (χ3n) is 13.0. The SMILES string of the molecule is c1cc2cc(c1)-c1ccc(cc1)CSCc1cc3cc(c1)OCc1ccccc1COc1cc(cc(c1)CSCc1ccc(cc1)-c1cccc(c1)-c1ccc(cc1)CSC3)CSCc1ccc-2cc1. The monoisotopic (exact) mass is 982 g/mol. The molecule has 0 aromatic heterocycles. The van der Waals surface area contributed by atoms with Crippen molar-refractivity contribution < 1.29 is 9.47 Å². The molecule has 0 saturated heterocycles. The second-order valence-corrected chi connectivity index (χ2v) is 22.2. The summed E-state index contributed by atoms with van der Waals surface area (Å²) in [6, 6.07) is 76.7. The molecule has 6 heterocycles. The Morgan fingerprint density at radius 1 is 0.229 bits per heavy atom. The van der Waals surface area contributed by atoms with Gasteiger partial charge in [-0.15, -0.1) is 0 Å². The molecule has 2 nitrogen and oxygen atoms in total. The molecule has 9 aromatic rings. The summed E-state index contributed by atoms with van der Waals surface area (Å²) in [6.07, 6.45) is 0. The Bertz CT molecular complexity index is 2810. The molecule has 0 saturated carbocycles. The van der Waals surface area contributed by atoms with Crippen molar-refractivity contribution in [3.05, 3.63) is 262 Å². The van der Waals surface area contributed by atoms with E-state index < -0.39 is 0 Å². The fraction of sp³-hybridized carbons (Fsp3) is 0.156. The third-order valence-corrected chi connectivity index (χ3v) is 17.3. The molecule has 0 spiro atoms. The number of thioether (sulfide) groups is 4. The van der Waals surface area contributed by atoms with Crippen LogP contribution in [0, 0.1) is 0 Å². The van der Waals surface area contributed by atoms with Crippen molar-refractivity contribution in [1.82, 2.24) is 0 Å². The highest BCUT2D eigenvalue weighted by molar-refractivity contribution is 7.98. The van der Waals surface area contributed by atoms with Gasteiger partial charge in [-0.3, -0.25) is 0 Å². The summed E-state index contributed by atoms with van der Waals surface area (Å²) in [5.74, 6) is 9.15. The predicted octanol–water partition coefficient (Wildman–Crippen LogP) is 17.9. The number of benzene rings is 9. The van der Waals surface area contributed by atoms with Crippen LogP contribution in [0.25, 0.3) is 44.5 Å². The molecule has 0 unspecified atom stereocenters. The Hall–Kier alpha value is -6.02. The molecule has 0 aliphatic carbocycles. The molecular weight excluding hydrogens is 929 g/mol. The van der Waals surface area contributed by atoms with E-state index >= 15 is 0 Å². The average molecular weight is 983 g/mol. The fourth-order valence-corrected chi connectivity index (χ4v) is 12.9. The Kier molecular flexibility index (Phi) is 14.8. The summed E-state index contributed by atoms with van der Waals surface area (Å²) >= 11 is 7.81. The Morgan fingerprint density at radius 3 is 0.786 bits per heavy atom. The van der Waals surface area contributed by atoms with Gasteiger partial charge >= 0.3 is 0 Å². The highest BCUT2D eigenvalue weighted by Crippen LogP contribution is 2.34. The standard InChI is InChI=1S/C64H54O2S4/c1-2-6-62-36-66-64-31-51-28-52(32-64)44-70-40-48-17-25-56(26-18-48)60-10-4-8-58(34-60)54-21-13-46(14-22-54)38-68-42-50-27-49(29-63(30-50)65-35-61(62)5-1)41-67-37-45-11-19-53(20-12-45)57-7-3-9-59(33-57)55-23-15-47(16-24-55)39-69-43-51/h1-34H,35-44H2. The minimum absolute atomic E-state index is 0.466. The van der Waals surface area contributed by atoms with Crippen LogP contribution in [0.1, 0.15) is 55.6 Å². The lowest BCUT2D eigenvalue weighted by Crippen LogP contribution is -2.04. The van der Waals surface area contributed by atoms with Gasteiger partial charge in [-0.2, -0.15) is 47.0 Å². The van der Waals surface area contributed by atoms with Gasteiger partial charge in [-0.05, 0) is 137 Å². The summed E-state index contributed by atoms with van der Waals surface area (Å²) in [4.78, 5) is 0. The van der Waals surface area contributed by atoms with Gasteiger partial charge < -0.3 is 9.47 Å². The van der Waals surface area contributed by atoms with Gasteiger partial charge in [0.1, 0.15) is 24.7 Å². The summed E-state index contributed by atoms with van der Waals surface area (Å²) in [5, 5.41) is 0. The Morgan fingerprint density at radius 2 is 0.500 bits per heavy atom. The van der Waals surface area contributed by atoms with Gasteiger partial charge in [-0.25, -0.2) is 0 Å². The largest absolute Gasteiger partial charge is 0.489 e. The van der Waals surface area contributed by atoms with Crippen molar-refractivity contribution in [3.8, 4) is 56.0 Å². The van der Waals surface area contributed by atoms with Crippen molar-refractivity contribution in [3.63, 3.8) is 0 Å². The van der Waals surface area contributed by atoms with Crippen LogP contribution in [-0.2, 0) is 59.2 Å². The lowest BCUT2D eigenvalue weighted by Gasteiger charge is -2.15. The summed E-state index contributed by atoms with van der Waals surface area (Å²) in [7, 11) is 0. The molecular formula is C64H54O2S4. The molecule has 0 N–H and O–H groups in total. The molecule has 346 valence electrons. The topological polar surface area (TPSA) is 18.5 Å². The number of fused-ring (bicyclic) bond motifs is 4. The lowest BCUT2D eigenvalue weighted by molar-refractivity contribution is 0.285. The van der Waals surface area contributed by atoms with Crippen LogP contribution < -0.4 is 9.47 Å². The molecule has 6 aliphatic rings. The number of rotatable bonds is 0. The molecule has 9 aromatic carbocycles. The molecule has 0 amide bonds. The van der Waals surface area contributed by atoms with Gasteiger partial charge in [0.05, 0.1) is 0 Å². The van der Waals surface area contributed by atoms with Crippen LogP contribution in [-0.4, -0.2) is 0 Å². The normalized spacial score (nSPS) is 14.3. The van der Waals surface area contributed by atoms with Crippen LogP contribution in [0.2, 0.25) is 0 Å². The molecule has 0 atom stereocenters. The van der Waals surface area contributed by atoms with Crippen LogP contribution in [0.15, 0.2) is 206 Å². The van der Waals surface area contributed by atoms with Crippen LogP contribution in [0.4, 0.5) is 0 Å². The smallest absolute Gasteiger partial charge is 0.120 e. The van der Waals surface area contributed by atoms with Gasteiger partial charge in [0, 0.05) is 46.0 Å². The highest BCUT2D eigenvalue weighted by atomic mass is 32.2. The minimum atomic E-state index is 0.466. The zero-order chi connectivity index (χ0) is 46.9. The first kappa shape index (κ1) is 46.4. The van der Waals surface area contributed by atoms with Crippen molar-refractivity contribution in [2.75, 3.05) is 0 Å².